The van der Waals surface area contributed by atoms with Crippen LogP contribution in [-0.4, -0.2) is 51.4 Å². The van der Waals surface area contributed by atoms with Crippen LogP contribution in [0.25, 0.3) is 11.1 Å². The fourth-order valence-corrected chi connectivity index (χ4v) is 4.36. The molecular weight excluding hydrogens is 457 g/mol. The molecule has 2 aromatic carbocycles. The first-order valence-electron chi connectivity index (χ1n) is 12.7. The van der Waals surface area contributed by atoms with Crippen LogP contribution in [0, 0.1) is 0 Å². The molecule has 0 saturated heterocycles. The number of quaternary nitrogens is 1. The molecule has 0 saturated carbocycles. The maximum atomic E-state index is 11.0. The fraction of sp³-hybridized carbons (Fsp3) is 0.552. The Morgan fingerprint density at radius 2 is 1.00 bits per heavy atom. The van der Waals surface area contributed by atoms with Gasteiger partial charge in [0, 0.05) is 0 Å². The van der Waals surface area contributed by atoms with Gasteiger partial charge in [-0.3, -0.25) is 0 Å². The third kappa shape index (κ3) is 10.9. The van der Waals surface area contributed by atoms with Crippen LogP contribution in [0.5, 0.6) is 0 Å². The minimum atomic E-state index is -0.0189. The van der Waals surface area contributed by atoms with Crippen molar-refractivity contribution in [2.24, 2.45) is 0 Å². The molecule has 0 aliphatic rings. The SMILES string of the molecule is CCCC[N+](CCCC)(CCCC)CCCC.O=C([Se-])c1ccc(-c2ccccc2)cc1. The van der Waals surface area contributed by atoms with E-state index in [4.69, 9.17) is 0 Å². The minimum absolute atomic E-state index is 0.0189. The van der Waals surface area contributed by atoms with Gasteiger partial charge in [0.05, 0.1) is 26.2 Å². The Labute approximate surface area is 206 Å². The van der Waals surface area contributed by atoms with E-state index in [-0.39, 0.29) is 4.68 Å². The van der Waals surface area contributed by atoms with Gasteiger partial charge >= 0.3 is 96.8 Å². The molecule has 0 aliphatic heterocycles. The van der Waals surface area contributed by atoms with Gasteiger partial charge in [-0.15, -0.1) is 0 Å². The normalized spacial score (nSPS) is 11.0. The molecule has 0 spiro atoms. The molecule has 32 heavy (non-hydrogen) atoms. The molecule has 0 unspecified atom stereocenters. The predicted octanol–water partition coefficient (Wildman–Crippen LogP) is 7.67. The maximum absolute atomic E-state index is 11.0. The van der Waals surface area contributed by atoms with Crippen LogP contribution in [0.15, 0.2) is 54.6 Å². The monoisotopic (exact) mass is 503 g/mol. The van der Waals surface area contributed by atoms with Gasteiger partial charge in [-0.25, -0.2) is 0 Å². The summed E-state index contributed by atoms with van der Waals surface area (Å²) < 4.78 is 1.40. The van der Waals surface area contributed by atoms with E-state index in [1.165, 1.54) is 82.0 Å². The summed E-state index contributed by atoms with van der Waals surface area (Å²) in [5, 5.41) is 0. The van der Waals surface area contributed by atoms with Crippen molar-refractivity contribution < 1.29 is 9.28 Å². The molecule has 0 amide bonds. The number of carbonyl (C=O) groups excluding carboxylic acids is 1. The average Bonchev–Trinajstić information content (AvgIpc) is 2.84. The molecule has 2 nitrogen and oxygen atoms in total. The fourth-order valence-electron chi connectivity index (χ4n) is 4.07. The molecule has 0 aromatic heterocycles. The van der Waals surface area contributed by atoms with E-state index in [1.807, 2.05) is 42.5 Å². The molecule has 178 valence electrons. The molecule has 0 radical (unpaired) electrons. The Morgan fingerprint density at radius 1 is 0.625 bits per heavy atom. The van der Waals surface area contributed by atoms with Crippen LogP contribution in [0.4, 0.5) is 0 Å². The van der Waals surface area contributed by atoms with Crippen LogP contribution in [0.3, 0.4) is 0 Å². The van der Waals surface area contributed by atoms with Crippen molar-refractivity contribution in [3.63, 3.8) is 0 Å². The van der Waals surface area contributed by atoms with Crippen molar-refractivity contribution in [3.8, 4) is 11.1 Å². The topological polar surface area (TPSA) is 17.1 Å². The van der Waals surface area contributed by atoms with Gasteiger partial charge in [-0.05, 0) is 25.7 Å². The van der Waals surface area contributed by atoms with Crippen LogP contribution >= 0.6 is 0 Å². The van der Waals surface area contributed by atoms with E-state index < -0.39 is 0 Å². The Bertz CT molecular complexity index is 689. The second-order valence-corrected chi connectivity index (χ2v) is 9.66. The quantitative estimate of drug-likeness (QED) is 0.191. The molecule has 3 heteroatoms. The van der Waals surface area contributed by atoms with Gasteiger partial charge in [0.1, 0.15) is 0 Å². The molecule has 0 aliphatic carbocycles. The van der Waals surface area contributed by atoms with Crippen molar-refractivity contribution in [1.82, 2.24) is 0 Å². The number of benzene rings is 2. The van der Waals surface area contributed by atoms with E-state index in [2.05, 4.69) is 55.8 Å². The van der Waals surface area contributed by atoms with Crippen molar-refractivity contribution in [3.05, 3.63) is 60.2 Å². The van der Waals surface area contributed by atoms with E-state index >= 15 is 0 Å². The van der Waals surface area contributed by atoms with Crippen LogP contribution in [-0.2, 0) is 0 Å². The number of hydrogen-bond donors (Lipinski definition) is 0. The Morgan fingerprint density at radius 3 is 1.34 bits per heavy atom. The molecule has 2 rings (SSSR count). The number of nitrogens with zero attached hydrogens (tertiary/aromatic N) is 1. The van der Waals surface area contributed by atoms with Gasteiger partial charge in [0.2, 0.25) is 0 Å². The van der Waals surface area contributed by atoms with E-state index in [9.17, 15) is 4.79 Å². The molecule has 0 atom stereocenters. The summed E-state index contributed by atoms with van der Waals surface area (Å²) >= 11 is 2.48. The van der Waals surface area contributed by atoms with E-state index in [0.29, 0.717) is 5.56 Å². The Hall–Kier alpha value is -1.41. The summed E-state index contributed by atoms with van der Waals surface area (Å²) in [6, 6.07) is 17.7. The summed E-state index contributed by atoms with van der Waals surface area (Å²) in [5.74, 6) is 0. The van der Waals surface area contributed by atoms with Gasteiger partial charge in [0.25, 0.3) is 0 Å². The van der Waals surface area contributed by atoms with E-state index in [0.717, 1.165) is 11.1 Å². The van der Waals surface area contributed by atoms with Gasteiger partial charge < -0.3 is 4.48 Å². The van der Waals surface area contributed by atoms with Crippen molar-refractivity contribution in [2.75, 3.05) is 26.2 Å². The third-order valence-corrected chi connectivity index (χ3v) is 6.67. The summed E-state index contributed by atoms with van der Waals surface area (Å²) in [5.41, 5.74) is 2.99. The summed E-state index contributed by atoms with van der Waals surface area (Å²) in [6.45, 7) is 15.0. The van der Waals surface area contributed by atoms with E-state index in [1.54, 1.807) is 0 Å². The van der Waals surface area contributed by atoms with Gasteiger partial charge in [-0.2, -0.15) is 0 Å². The Kier molecular flexibility index (Phi) is 15.3. The third-order valence-electron chi connectivity index (χ3n) is 6.17. The van der Waals surface area contributed by atoms with Crippen LogP contribution < -0.4 is 0 Å². The molecule has 0 fully saturated rings. The van der Waals surface area contributed by atoms with Crippen molar-refractivity contribution in [1.29, 1.82) is 0 Å². The number of unbranched alkanes of at least 4 members (excludes halogenated alkanes) is 4. The zero-order chi connectivity index (χ0) is 23.7. The molecule has 0 N–H and O–H groups in total. The summed E-state index contributed by atoms with van der Waals surface area (Å²) in [7, 11) is 0. The van der Waals surface area contributed by atoms with Crippen molar-refractivity contribution >= 4 is 20.7 Å². The van der Waals surface area contributed by atoms with Crippen molar-refractivity contribution in [2.45, 2.75) is 79.1 Å². The summed E-state index contributed by atoms with van der Waals surface area (Å²) in [4.78, 5) is 11.0. The molecular formula is C29H45NOSe. The predicted molar refractivity (Wildman–Crippen MR) is 141 cm³/mol. The molecule has 0 bridgehead atoms. The average molecular weight is 503 g/mol. The molecule has 0 heterocycles. The first kappa shape index (κ1) is 28.6. The zero-order valence-electron chi connectivity index (χ0n) is 20.9. The number of carbonyl (C=O) groups is 1. The van der Waals surface area contributed by atoms with Gasteiger partial charge in [0.15, 0.2) is 0 Å². The van der Waals surface area contributed by atoms with Crippen LogP contribution in [0.2, 0.25) is 0 Å². The molecule has 2 aromatic rings. The second kappa shape index (κ2) is 17.1. The standard InChI is InChI=1S/C16H36N.C13H10OSe/c1-5-9-13-17(14-10-6-2,15-11-7-3)16-12-8-4;14-13(15)12-8-6-11(7-9-12)10-4-2-1-3-5-10/h5-16H2,1-4H3;1-9H,(H,14,15)/q+1;/p-1. The Balaban J connectivity index is 0.000000321. The summed E-state index contributed by atoms with van der Waals surface area (Å²) in [6.07, 6.45) is 11.1. The second-order valence-electron chi connectivity index (χ2n) is 8.88. The zero-order valence-corrected chi connectivity index (χ0v) is 22.7. The number of rotatable bonds is 14. The number of hydrogen-bond acceptors (Lipinski definition) is 1. The van der Waals surface area contributed by atoms with Gasteiger partial charge in [-0.1, -0.05) is 53.4 Å². The van der Waals surface area contributed by atoms with Crippen LogP contribution in [0.1, 0.15) is 89.4 Å². The first-order valence-corrected chi connectivity index (χ1v) is 13.6. The first-order chi connectivity index (χ1) is 15.5.